The highest BCUT2D eigenvalue weighted by Gasteiger charge is 2.44. The molecule has 0 radical (unpaired) electrons. The third-order valence-corrected chi connectivity index (χ3v) is 9.30. The average molecular weight is 787 g/mol. The van der Waals surface area contributed by atoms with E-state index in [0.717, 1.165) is 96.3 Å². The van der Waals surface area contributed by atoms with Crippen molar-refractivity contribution in [1.82, 2.24) is 0 Å². The van der Waals surface area contributed by atoms with Crippen molar-refractivity contribution in [1.29, 1.82) is 0 Å². The van der Waals surface area contributed by atoms with E-state index in [4.69, 9.17) is 18.9 Å². The molecule has 56 heavy (non-hydrogen) atoms. The predicted octanol–water partition coefficient (Wildman–Crippen LogP) is 9.47. The summed E-state index contributed by atoms with van der Waals surface area (Å²) in [5.41, 5.74) is 0. The van der Waals surface area contributed by atoms with Gasteiger partial charge in [0.1, 0.15) is 30.5 Å². The summed E-state index contributed by atoms with van der Waals surface area (Å²) in [5, 5.41) is 40.1. The highest BCUT2D eigenvalue weighted by molar-refractivity contribution is 5.69. The maximum atomic E-state index is 12.8. The molecule has 0 aromatic heterocycles. The quantitative estimate of drug-likeness (QED) is 0.0282. The molecular formula is C47H78O9. The van der Waals surface area contributed by atoms with Crippen LogP contribution in [0.15, 0.2) is 85.1 Å². The molecular weight excluding hydrogens is 709 g/mol. The molecule has 1 aliphatic heterocycles. The Morgan fingerprint density at radius 3 is 1.64 bits per heavy atom. The number of ether oxygens (including phenoxy) is 4. The van der Waals surface area contributed by atoms with Crippen LogP contribution in [0, 0.1) is 0 Å². The van der Waals surface area contributed by atoms with Gasteiger partial charge in [-0.1, -0.05) is 131 Å². The van der Waals surface area contributed by atoms with Gasteiger partial charge in [0.05, 0.1) is 19.8 Å². The molecule has 0 bridgehead atoms. The zero-order valence-electron chi connectivity index (χ0n) is 34.8. The molecule has 0 saturated carbocycles. The van der Waals surface area contributed by atoms with E-state index in [1.165, 1.54) is 25.7 Å². The van der Waals surface area contributed by atoms with Gasteiger partial charge in [0.2, 0.25) is 0 Å². The summed E-state index contributed by atoms with van der Waals surface area (Å²) < 4.78 is 22.7. The number of unbranched alkanes of at least 4 members (excludes halogenated alkanes) is 10. The summed E-state index contributed by atoms with van der Waals surface area (Å²) in [5.74, 6) is -0.347. The standard InChI is InChI=1S/C47H78O9/c1-3-5-7-9-11-13-15-17-19-20-21-23-25-27-29-31-33-35-37-53-39-41(40-54-47-46(52)45(51)44(50)42(38-48)56-47)55-43(49)36-34-32-30-28-26-24-22-18-16-14-12-10-8-6-4-2/h5,7,11-14,17-19,21-23,27,29,41-42,44-48,50-52H,3-4,6,8-10,15-16,20,24-26,28,30-40H2,1-2H3/b7-5-,13-11-,14-12-,19-17-,22-18-,23-21-,29-27-. The largest absolute Gasteiger partial charge is 0.457 e. The van der Waals surface area contributed by atoms with Gasteiger partial charge in [-0.05, 0) is 89.9 Å². The maximum Gasteiger partial charge on any atom is 0.306 e. The molecule has 9 nitrogen and oxygen atoms in total. The Balaban J connectivity index is 2.35. The van der Waals surface area contributed by atoms with Crippen LogP contribution in [0.2, 0.25) is 0 Å². The molecule has 0 aromatic carbocycles. The first kappa shape index (κ1) is 51.4. The maximum absolute atomic E-state index is 12.8. The molecule has 0 amide bonds. The molecule has 320 valence electrons. The smallest absolute Gasteiger partial charge is 0.306 e. The number of carbonyl (C=O) groups excluding carboxylic acids is 1. The fourth-order valence-corrected chi connectivity index (χ4v) is 5.90. The van der Waals surface area contributed by atoms with Crippen molar-refractivity contribution >= 4 is 5.97 Å². The number of allylic oxidation sites excluding steroid dienone is 14. The summed E-state index contributed by atoms with van der Waals surface area (Å²) >= 11 is 0. The molecule has 1 saturated heterocycles. The summed E-state index contributed by atoms with van der Waals surface area (Å²) in [6.07, 6.45) is 43.2. The van der Waals surface area contributed by atoms with Crippen LogP contribution in [0.4, 0.5) is 0 Å². The van der Waals surface area contributed by atoms with E-state index < -0.39 is 43.4 Å². The van der Waals surface area contributed by atoms with Crippen LogP contribution in [0.1, 0.15) is 142 Å². The van der Waals surface area contributed by atoms with E-state index in [1.807, 2.05) is 0 Å². The van der Waals surface area contributed by atoms with E-state index in [9.17, 15) is 25.2 Å². The van der Waals surface area contributed by atoms with Gasteiger partial charge in [0.15, 0.2) is 6.29 Å². The van der Waals surface area contributed by atoms with Crippen molar-refractivity contribution in [3.05, 3.63) is 85.1 Å². The van der Waals surface area contributed by atoms with Gasteiger partial charge in [-0.3, -0.25) is 4.79 Å². The summed E-state index contributed by atoms with van der Waals surface area (Å²) in [6.45, 7) is 4.26. The first-order chi connectivity index (χ1) is 27.4. The van der Waals surface area contributed by atoms with E-state index in [1.54, 1.807) is 0 Å². The zero-order valence-corrected chi connectivity index (χ0v) is 34.8. The number of aliphatic hydroxyl groups excluding tert-OH is 4. The third kappa shape index (κ3) is 28.7. The van der Waals surface area contributed by atoms with Gasteiger partial charge in [-0.2, -0.15) is 0 Å². The Morgan fingerprint density at radius 1 is 0.589 bits per heavy atom. The van der Waals surface area contributed by atoms with Crippen molar-refractivity contribution in [3.63, 3.8) is 0 Å². The van der Waals surface area contributed by atoms with Crippen molar-refractivity contribution < 1.29 is 44.2 Å². The molecule has 0 aliphatic carbocycles. The lowest BCUT2D eigenvalue weighted by molar-refractivity contribution is -0.305. The molecule has 4 N–H and O–H groups in total. The van der Waals surface area contributed by atoms with Gasteiger partial charge < -0.3 is 39.4 Å². The number of esters is 1. The number of hydrogen-bond acceptors (Lipinski definition) is 9. The van der Waals surface area contributed by atoms with Gasteiger partial charge >= 0.3 is 5.97 Å². The van der Waals surface area contributed by atoms with Gasteiger partial charge in [0, 0.05) is 13.0 Å². The van der Waals surface area contributed by atoms with Crippen molar-refractivity contribution in [2.75, 3.05) is 26.4 Å². The SMILES string of the molecule is CC/C=C\C/C=C\C/C=C\C/C=C\C/C=C\CCCCOCC(COC1OC(CO)C(O)C(O)C1O)OC(=O)CCCCCCC/C=C\C/C=C\CCCCC. The fourth-order valence-electron chi connectivity index (χ4n) is 5.90. The lowest BCUT2D eigenvalue weighted by atomic mass is 9.99. The van der Waals surface area contributed by atoms with Crippen LogP contribution >= 0.6 is 0 Å². The normalized spacial score (nSPS) is 21.4. The first-order valence-electron chi connectivity index (χ1n) is 21.7. The Hall–Kier alpha value is -2.63. The van der Waals surface area contributed by atoms with Gasteiger partial charge in [-0.25, -0.2) is 0 Å². The van der Waals surface area contributed by atoms with Gasteiger partial charge in [-0.15, -0.1) is 0 Å². The highest BCUT2D eigenvalue weighted by atomic mass is 16.7. The fraction of sp³-hybridized carbons (Fsp3) is 0.681. The van der Waals surface area contributed by atoms with Crippen LogP contribution in [0.3, 0.4) is 0 Å². The molecule has 1 rings (SSSR count). The van der Waals surface area contributed by atoms with E-state index >= 15 is 0 Å². The van der Waals surface area contributed by atoms with Crippen molar-refractivity contribution in [2.45, 2.75) is 179 Å². The van der Waals surface area contributed by atoms with Gasteiger partial charge in [0.25, 0.3) is 0 Å². The Labute approximate surface area is 339 Å². The number of aliphatic hydroxyl groups is 4. The second-order valence-electron chi connectivity index (χ2n) is 14.4. The Bertz CT molecular complexity index is 1120. The van der Waals surface area contributed by atoms with Crippen LogP contribution in [-0.2, 0) is 23.7 Å². The molecule has 1 fully saturated rings. The highest BCUT2D eigenvalue weighted by Crippen LogP contribution is 2.22. The molecule has 6 atom stereocenters. The number of carbonyl (C=O) groups is 1. The Kier molecular flexibility index (Phi) is 34.8. The minimum Gasteiger partial charge on any atom is -0.457 e. The molecule has 6 unspecified atom stereocenters. The van der Waals surface area contributed by atoms with E-state index in [0.29, 0.717) is 6.61 Å². The third-order valence-electron chi connectivity index (χ3n) is 9.30. The molecule has 0 aromatic rings. The monoisotopic (exact) mass is 787 g/mol. The van der Waals surface area contributed by atoms with E-state index in [-0.39, 0.29) is 25.6 Å². The van der Waals surface area contributed by atoms with Crippen LogP contribution < -0.4 is 0 Å². The van der Waals surface area contributed by atoms with E-state index in [2.05, 4.69) is 98.9 Å². The van der Waals surface area contributed by atoms with Crippen LogP contribution in [-0.4, -0.2) is 89.6 Å². The molecule has 1 heterocycles. The minimum absolute atomic E-state index is 0.104. The lowest BCUT2D eigenvalue weighted by Gasteiger charge is -2.39. The summed E-state index contributed by atoms with van der Waals surface area (Å²) in [7, 11) is 0. The van der Waals surface area contributed by atoms with Crippen molar-refractivity contribution in [2.24, 2.45) is 0 Å². The number of rotatable bonds is 35. The Morgan fingerprint density at radius 2 is 1.09 bits per heavy atom. The second-order valence-corrected chi connectivity index (χ2v) is 14.4. The zero-order chi connectivity index (χ0) is 40.7. The molecule has 9 heteroatoms. The summed E-state index contributed by atoms with van der Waals surface area (Å²) in [6, 6.07) is 0. The van der Waals surface area contributed by atoms with Crippen molar-refractivity contribution in [3.8, 4) is 0 Å². The lowest BCUT2D eigenvalue weighted by Crippen LogP contribution is -2.59. The minimum atomic E-state index is -1.55. The predicted molar refractivity (Wildman–Crippen MR) is 228 cm³/mol. The average Bonchev–Trinajstić information content (AvgIpc) is 3.20. The topological polar surface area (TPSA) is 135 Å². The summed E-state index contributed by atoms with van der Waals surface area (Å²) in [4.78, 5) is 12.8. The molecule has 0 spiro atoms. The van der Waals surface area contributed by atoms with Crippen LogP contribution in [0.5, 0.6) is 0 Å². The first-order valence-corrected chi connectivity index (χ1v) is 21.7. The number of hydrogen-bond donors (Lipinski definition) is 4. The van der Waals surface area contributed by atoms with Crippen LogP contribution in [0.25, 0.3) is 0 Å². The molecule has 1 aliphatic rings. The second kappa shape index (κ2) is 37.9.